The molecule has 0 bridgehead atoms. The fraction of sp³-hybridized carbons (Fsp3) is 0. The fourth-order valence-corrected chi connectivity index (χ4v) is 0. The molecule has 0 saturated heterocycles. The SMILES string of the molecule is [Cu+].[N-]=C=O. The zero-order valence-electron chi connectivity index (χ0n) is 1.66. The van der Waals surface area contributed by atoms with Gasteiger partial charge in [-0.05, 0) is 6.08 Å². The largest absolute Gasteiger partial charge is 1.00 e. The van der Waals surface area contributed by atoms with Crippen LogP contribution in [0.2, 0.25) is 0 Å². The quantitative estimate of drug-likeness (QED) is 0.241. The summed E-state index contributed by atoms with van der Waals surface area (Å²) in [4.78, 5) is 8.24. The van der Waals surface area contributed by atoms with Crippen molar-refractivity contribution in [1.82, 2.24) is 0 Å². The summed E-state index contributed by atoms with van der Waals surface area (Å²) in [6.07, 6.45) is 0.500. The fourth-order valence-electron chi connectivity index (χ4n) is 0. The molecule has 3 heteroatoms. The Morgan fingerprint density at radius 1 is 1.75 bits per heavy atom. The zero-order chi connectivity index (χ0) is 2.71. The summed E-state index contributed by atoms with van der Waals surface area (Å²) in [7, 11) is 0. The Balaban J connectivity index is 0. The first kappa shape index (κ1) is 9.09. The number of nitrogens with zero attached hydrogens (tertiary/aromatic N) is 1. The Bertz CT molecular complexity index is 29.0. The second-order valence-electron chi connectivity index (χ2n) is 0.0913. The summed E-state index contributed by atoms with van der Waals surface area (Å²) in [5.74, 6) is 0. The zero-order valence-corrected chi connectivity index (χ0v) is 2.60. The van der Waals surface area contributed by atoms with Crippen LogP contribution in [0.15, 0.2) is 0 Å². The summed E-state index contributed by atoms with van der Waals surface area (Å²) < 4.78 is 0. The van der Waals surface area contributed by atoms with Gasteiger partial charge in [0.05, 0.1) is 0 Å². The molecule has 0 fully saturated rings. The van der Waals surface area contributed by atoms with Crippen molar-refractivity contribution < 1.29 is 21.9 Å². The molecule has 0 aliphatic rings. The molecule has 0 aliphatic carbocycles. The number of isocyanates is 1. The summed E-state index contributed by atoms with van der Waals surface area (Å²) in [6.45, 7) is 0. The number of carbonyl (C=O) groups excluding carboxylic acids is 1. The van der Waals surface area contributed by atoms with Crippen LogP contribution in [0.4, 0.5) is 0 Å². The van der Waals surface area contributed by atoms with Crippen LogP contribution in [0.1, 0.15) is 0 Å². The predicted octanol–water partition coefficient (Wildman–Crippen LogP) is -0.111. The van der Waals surface area contributed by atoms with Gasteiger partial charge in [0.15, 0.2) is 0 Å². The Morgan fingerprint density at radius 2 is 1.75 bits per heavy atom. The van der Waals surface area contributed by atoms with Crippen molar-refractivity contribution in [2.24, 2.45) is 0 Å². The van der Waals surface area contributed by atoms with Gasteiger partial charge in [0.1, 0.15) is 0 Å². The molecule has 0 saturated carbocycles. The number of hydrogen-bond donors (Lipinski definition) is 0. The minimum Gasteiger partial charge on any atom is -0.724 e. The van der Waals surface area contributed by atoms with Crippen LogP contribution < -0.4 is 0 Å². The van der Waals surface area contributed by atoms with Gasteiger partial charge in [0, 0.05) is 0 Å². The third-order valence-electron chi connectivity index (χ3n) is 0. The van der Waals surface area contributed by atoms with E-state index in [4.69, 9.17) is 10.2 Å². The van der Waals surface area contributed by atoms with E-state index in [1.165, 1.54) is 0 Å². The van der Waals surface area contributed by atoms with E-state index in [0.717, 1.165) is 0 Å². The first-order valence-electron chi connectivity index (χ1n) is 0.428. The van der Waals surface area contributed by atoms with E-state index in [1.807, 2.05) is 0 Å². The molecule has 2 nitrogen and oxygen atoms in total. The average molecular weight is 106 g/mol. The molecule has 0 aliphatic heterocycles. The summed E-state index contributed by atoms with van der Waals surface area (Å²) in [5, 5.41) is 6.76. The maximum atomic E-state index is 8.24. The molecule has 0 amide bonds. The number of hydrogen-bond acceptors (Lipinski definition) is 1. The van der Waals surface area contributed by atoms with Crippen molar-refractivity contribution in [3.63, 3.8) is 0 Å². The van der Waals surface area contributed by atoms with Gasteiger partial charge in [-0.2, -0.15) is 0 Å². The maximum Gasteiger partial charge on any atom is 1.00 e. The molecule has 0 radical (unpaired) electrons. The van der Waals surface area contributed by atoms with Crippen molar-refractivity contribution in [2.75, 3.05) is 0 Å². The molecule has 0 aromatic carbocycles. The smallest absolute Gasteiger partial charge is 0.724 e. The molecule has 0 N–H and O–H groups in total. The molecule has 0 aromatic rings. The Labute approximate surface area is 34.2 Å². The third kappa shape index (κ3) is 152. The minimum absolute atomic E-state index is 0. The number of rotatable bonds is 0. The van der Waals surface area contributed by atoms with Crippen molar-refractivity contribution in [1.29, 1.82) is 0 Å². The molecular weight excluding hydrogens is 106 g/mol. The second-order valence-corrected chi connectivity index (χ2v) is 0.0913. The Kier molecular flexibility index (Phi) is 29.4. The van der Waals surface area contributed by atoms with Crippen molar-refractivity contribution in [2.45, 2.75) is 0 Å². The normalized spacial score (nSPS) is 2.00. The van der Waals surface area contributed by atoms with Crippen LogP contribution in [0.5, 0.6) is 0 Å². The van der Waals surface area contributed by atoms with Crippen LogP contribution in [-0.4, -0.2) is 6.08 Å². The van der Waals surface area contributed by atoms with Gasteiger partial charge >= 0.3 is 17.1 Å². The van der Waals surface area contributed by atoms with E-state index in [2.05, 4.69) is 0 Å². The molecular formula is CCuNO. The Morgan fingerprint density at radius 3 is 1.75 bits per heavy atom. The third-order valence-corrected chi connectivity index (χ3v) is 0. The van der Waals surface area contributed by atoms with Crippen LogP contribution in [-0.2, 0) is 21.9 Å². The first-order chi connectivity index (χ1) is 1.41. The molecule has 0 atom stereocenters. The van der Waals surface area contributed by atoms with Gasteiger partial charge in [0.2, 0.25) is 0 Å². The van der Waals surface area contributed by atoms with Gasteiger partial charge in [-0.3, -0.25) is 4.79 Å². The van der Waals surface area contributed by atoms with E-state index in [9.17, 15) is 0 Å². The van der Waals surface area contributed by atoms with Gasteiger partial charge < -0.3 is 5.41 Å². The second kappa shape index (κ2) is 12.9. The van der Waals surface area contributed by atoms with Crippen LogP contribution in [0, 0.1) is 0 Å². The predicted molar refractivity (Wildman–Crippen MR) is 9.05 cm³/mol. The first-order valence-corrected chi connectivity index (χ1v) is 0.428. The summed E-state index contributed by atoms with van der Waals surface area (Å²) >= 11 is 0. The Hall–Kier alpha value is -0.101. The monoisotopic (exact) mass is 105 g/mol. The van der Waals surface area contributed by atoms with Crippen LogP contribution >= 0.6 is 0 Å². The van der Waals surface area contributed by atoms with E-state index in [0.29, 0.717) is 6.08 Å². The molecule has 4 heavy (non-hydrogen) atoms. The van der Waals surface area contributed by atoms with Gasteiger partial charge in [-0.15, -0.1) is 0 Å². The van der Waals surface area contributed by atoms with E-state index >= 15 is 0 Å². The van der Waals surface area contributed by atoms with Crippen molar-refractivity contribution in [3.05, 3.63) is 5.41 Å². The molecule has 0 rings (SSSR count). The van der Waals surface area contributed by atoms with Crippen molar-refractivity contribution >= 4 is 6.08 Å². The van der Waals surface area contributed by atoms with E-state index in [-0.39, 0.29) is 17.1 Å². The average Bonchev–Trinajstić information content (AvgIpc) is 0.918. The molecule has 0 spiro atoms. The minimum atomic E-state index is 0. The standard InChI is InChI=1S/CNO.Cu/c2-1-3;/q-1;+1. The van der Waals surface area contributed by atoms with Gasteiger partial charge in [-0.25, -0.2) is 0 Å². The van der Waals surface area contributed by atoms with E-state index < -0.39 is 0 Å². The maximum absolute atomic E-state index is 8.24. The van der Waals surface area contributed by atoms with Crippen molar-refractivity contribution in [3.8, 4) is 0 Å². The van der Waals surface area contributed by atoms with Gasteiger partial charge in [-0.1, -0.05) is 0 Å². The topological polar surface area (TPSA) is 39.4 Å². The van der Waals surface area contributed by atoms with E-state index in [1.54, 1.807) is 0 Å². The summed E-state index contributed by atoms with van der Waals surface area (Å²) in [6, 6.07) is 0. The molecule has 26 valence electrons. The summed E-state index contributed by atoms with van der Waals surface area (Å²) in [5.41, 5.74) is 0. The molecule has 0 aromatic heterocycles. The molecule has 0 unspecified atom stereocenters. The van der Waals surface area contributed by atoms with Crippen LogP contribution in [0.25, 0.3) is 5.41 Å². The molecule has 0 heterocycles. The van der Waals surface area contributed by atoms with Crippen LogP contribution in [0.3, 0.4) is 0 Å². The van der Waals surface area contributed by atoms with Gasteiger partial charge in [0.25, 0.3) is 0 Å².